The number of hydrogen-bond acceptors (Lipinski definition) is 8. The van der Waals surface area contributed by atoms with Gasteiger partial charge in [0.25, 0.3) is 5.69 Å². The predicted molar refractivity (Wildman–Crippen MR) is 87.7 cm³/mol. The Labute approximate surface area is 134 Å². The van der Waals surface area contributed by atoms with Gasteiger partial charge in [-0.05, 0) is 18.2 Å². The number of anilines is 4. The number of aromatic nitrogens is 2. The molecule has 0 fully saturated rings. The fourth-order valence-corrected chi connectivity index (χ4v) is 2.35. The number of hydrogen-bond donors (Lipinski definition) is 3. The highest BCUT2D eigenvalue weighted by atomic mass is 32.1. The van der Waals surface area contributed by atoms with Crippen molar-refractivity contribution in [1.82, 2.24) is 8.75 Å². The van der Waals surface area contributed by atoms with Crippen LogP contribution in [0.4, 0.5) is 28.7 Å². The zero-order valence-electron chi connectivity index (χ0n) is 11.6. The smallest absolute Gasteiger partial charge is 0.273 e. The highest BCUT2D eigenvalue weighted by Gasteiger charge is 2.14. The van der Waals surface area contributed by atoms with Crippen molar-refractivity contribution >= 4 is 40.4 Å². The fourth-order valence-electron chi connectivity index (χ4n) is 1.88. The van der Waals surface area contributed by atoms with Crippen molar-refractivity contribution in [1.29, 1.82) is 0 Å². The first-order chi connectivity index (χ1) is 11.1. The molecule has 0 amide bonds. The molecule has 23 heavy (non-hydrogen) atoms. The minimum absolute atomic E-state index is 0.188. The van der Waals surface area contributed by atoms with Gasteiger partial charge >= 0.3 is 0 Å². The number of aromatic hydroxyl groups is 1. The molecular weight excluding hydrogens is 318 g/mol. The fraction of sp³-hybridized carbons (Fsp3) is 0. The highest BCUT2D eigenvalue weighted by Crippen LogP contribution is 2.33. The molecule has 0 spiro atoms. The van der Waals surface area contributed by atoms with Gasteiger partial charge in [-0.15, -0.1) is 0 Å². The van der Waals surface area contributed by atoms with E-state index >= 15 is 0 Å². The summed E-state index contributed by atoms with van der Waals surface area (Å²) in [6.45, 7) is 0. The van der Waals surface area contributed by atoms with Crippen LogP contribution in [-0.2, 0) is 0 Å². The number of benzene rings is 2. The van der Waals surface area contributed by atoms with Gasteiger partial charge in [0.15, 0.2) is 11.6 Å². The molecule has 3 N–H and O–H groups in total. The molecule has 0 saturated carbocycles. The van der Waals surface area contributed by atoms with Crippen LogP contribution in [0.5, 0.6) is 5.75 Å². The van der Waals surface area contributed by atoms with Gasteiger partial charge < -0.3 is 15.7 Å². The summed E-state index contributed by atoms with van der Waals surface area (Å²) in [4.78, 5) is 10.1. The summed E-state index contributed by atoms with van der Waals surface area (Å²) < 4.78 is 8.27. The Morgan fingerprint density at radius 1 is 1.04 bits per heavy atom. The number of nitro groups is 1. The minimum Gasteiger partial charge on any atom is -0.506 e. The van der Waals surface area contributed by atoms with Crippen LogP contribution in [0.1, 0.15) is 0 Å². The minimum atomic E-state index is -0.573. The molecule has 0 unspecified atom stereocenters. The summed E-state index contributed by atoms with van der Waals surface area (Å²) >= 11 is 1.00. The second-order valence-corrected chi connectivity index (χ2v) is 5.06. The van der Waals surface area contributed by atoms with Gasteiger partial charge in [0, 0.05) is 11.8 Å². The zero-order chi connectivity index (χ0) is 16.2. The number of phenolic OH excluding ortho intramolecular Hbond substituents is 1. The molecular formula is C14H11N5O3S. The third-order valence-corrected chi connectivity index (χ3v) is 3.50. The van der Waals surface area contributed by atoms with Gasteiger partial charge in [0.1, 0.15) is 5.75 Å². The second kappa shape index (κ2) is 6.28. The number of para-hydroxylation sites is 1. The summed E-state index contributed by atoms with van der Waals surface area (Å²) in [6.07, 6.45) is 0. The second-order valence-electron chi connectivity index (χ2n) is 4.54. The normalized spacial score (nSPS) is 10.3. The summed E-state index contributed by atoms with van der Waals surface area (Å²) in [5.74, 6) is 0.680. The molecule has 0 aliphatic carbocycles. The van der Waals surface area contributed by atoms with Crippen LogP contribution in [0.25, 0.3) is 0 Å². The van der Waals surface area contributed by atoms with Gasteiger partial charge in [-0.2, -0.15) is 8.75 Å². The first kappa shape index (κ1) is 14.7. The van der Waals surface area contributed by atoms with Crippen LogP contribution >= 0.6 is 11.7 Å². The van der Waals surface area contributed by atoms with Crippen molar-refractivity contribution in [3.05, 3.63) is 58.6 Å². The Bertz CT molecular complexity index is 837. The van der Waals surface area contributed by atoms with Crippen molar-refractivity contribution in [2.45, 2.75) is 0 Å². The standard InChI is InChI=1S/C14H11N5O3S/c20-12-8-10(19(21)22)6-7-11(12)16-14-13(17-23-18-14)15-9-4-2-1-3-5-9/h1-8,20H,(H,15,17)(H,16,18). The maximum atomic E-state index is 10.7. The molecule has 0 radical (unpaired) electrons. The molecule has 0 atom stereocenters. The average molecular weight is 329 g/mol. The lowest BCUT2D eigenvalue weighted by molar-refractivity contribution is -0.384. The van der Waals surface area contributed by atoms with Crippen LogP contribution in [0, 0.1) is 10.1 Å². The molecule has 2 aromatic carbocycles. The van der Waals surface area contributed by atoms with E-state index in [2.05, 4.69) is 19.4 Å². The zero-order valence-corrected chi connectivity index (χ0v) is 12.4. The molecule has 0 saturated heterocycles. The van der Waals surface area contributed by atoms with Crippen molar-refractivity contribution in [2.24, 2.45) is 0 Å². The van der Waals surface area contributed by atoms with E-state index in [1.165, 1.54) is 12.1 Å². The van der Waals surface area contributed by atoms with E-state index < -0.39 is 4.92 Å². The molecule has 8 nitrogen and oxygen atoms in total. The number of non-ortho nitro benzene ring substituents is 1. The van der Waals surface area contributed by atoms with Crippen molar-refractivity contribution < 1.29 is 10.0 Å². The van der Waals surface area contributed by atoms with Crippen molar-refractivity contribution in [2.75, 3.05) is 10.6 Å². The number of rotatable bonds is 5. The first-order valence-electron chi connectivity index (χ1n) is 6.52. The Hall–Kier alpha value is -3.20. The molecule has 3 aromatic rings. The number of nitrogens with one attached hydrogen (secondary N) is 2. The Balaban J connectivity index is 1.82. The quantitative estimate of drug-likeness (QED) is 0.372. The first-order valence-corrected chi connectivity index (χ1v) is 7.25. The third kappa shape index (κ3) is 3.35. The van der Waals surface area contributed by atoms with E-state index in [4.69, 9.17) is 0 Å². The molecule has 0 bridgehead atoms. The maximum absolute atomic E-state index is 10.7. The van der Waals surface area contributed by atoms with Crippen LogP contribution in [0.2, 0.25) is 0 Å². The molecule has 1 aromatic heterocycles. The summed E-state index contributed by atoms with van der Waals surface area (Å²) in [7, 11) is 0. The molecule has 0 aliphatic heterocycles. The summed E-state index contributed by atoms with van der Waals surface area (Å²) in [5.41, 5.74) is 0.961. The topological polar surface area (TPSA) is 113 Å². The summed E-state index contributed by atoms with van der Waals surface area (Å²) in [5, 5.41) is 26.6. The van der Waals surface area contributed by atoms with Gasteiger partial charge in [-0.25, -0.2) is 0 Å². The average Bonchev–Trinajstić information content (AvgIpc) is 2.97. The Morgan fingerprint density at radius 2 is 1.74 bits per heavy atom. The number of nitrogens with zero attached hydrogens (tertiary/aromatic N) is 3. The predicted octanol–water partition coefficient (Wildman–Crippen LogP) is 3.64. The van der Waals surface area contributed by atoms with Gasteiger partial charge in [0.2, 0.25) is 0 Å². The molecule has 0 aliphatic rings. The van der Waals surface area contributed by atoms with E-state index in [9.17, 15) is 15.2 Å². The third-order valence-electron chi connectivity index (χ3n) is 2.97. The molecule has 116 valence electrons. The Morgan fingerprint density at radius 3 is 2.39 bits per heavy atom. The molecule has 1 heterocycles. The number of phenols is 1. The van der Waals surface area contributed by atoms with Crippen LogP contribution < -0.4 is 10.6 Å². The lowest BCUT2D eigenvalue weighted by Gasteiger charge is -2.08. The van der Waals surface area contributed by atoms with E-state index in [-0.39, 0.29) is 11.4 Å². The molecule has 3 rings (SSSR count). The Kier molecular flexibility index (Phi) is 4.02. The van der Waals surface area contributed by atoms with E-state index in [1.54, 1.807) is 0 Å². The van der Waals surface area contributed by atoms with E-state index in [0.717, 1.165) is 23.5 Å². The largest absolute Gasteiger partial charge is 0.506 e. The van der Waals surface area contributed by atoms with Gasteiger partial charge in [0.05, 0.1) is 28.4 Å². The van der Waals surface area contributed by atoms with Crippen LogP contribution in [-0.4, -0.2) is 18.8 Å². The maximum Gasteiger partial charge on any atom is 0.273 e. The lowest BCUT2D eigenvalue weighted by atomic mass is 10.2. The highest BCUT2D eigenvalue weighted by molar-refractivity contribution is 6.99. The summed E-state index contributed by atoms with van der Waals surface area (Å²) in [6, 6.07) is 13.2. The number of nitro benzene ring substituents is 1. The van der Waals surface area contributed by atoms with E-state index in [1.807, 2.05) is 30.3 Å². The monoisotopic (exact) mass is 329 g/mol. The van der Waals surface area contributed by atoms with E-state index in [0.29, 0.717) is 17.3 Å². The van der Waals surface area contributed by atoms with Crippen molar-refractivity contribution in [3.8, 4) is 5.75 Å². The van der Waals surface area contributed by atoms with Gasteiger partial charge in [-0.3, -0.25) is 10.1 Å². The molecule has 9 heteroatoms. The van der Waals surface area contributed by atoms with Gasteiger partial charge in [-0.1, -0.05) is 18.2 Å². The lowest BCUT2D eigenvalue weighted by Crippen LogP contribution is -1.98. The van der Waals surface area contributed by atoms with Crippen LogP contribution in [0.15, 0.2) is 48.5 Å². The van der Waals surface area contributed by atoms with Crippen LogP contribution in [0.3, 0.4) is 0 Å². The van der Waals surface area contributed by atoms with Crippen molar-refractivity contribution in [3.63, 3.8) is 0 Å². The SMILES string of the molecule is O=[N+]([O-])c1ccc(Nc2nsnc2Nc2ccccc2)c(O)c1.